The van der Waals surface area contributed by atoms with Gasteiger partial charge in [-0.25, -0.2) is 0 Å². The molecule has 2 heterocycles. The lowest BCUT2D eigenvalue weighted by atomic mass is 10.0. The van der Waals surface area contributed by atoms with Gasteiger partial charge < -0.3 is 19.7 Å². The number of fused-ring (bicyclic) bond motifs is 1. The molecule has 0 spiro atoms. The Balaban J connectivity index is 1.51. The van der Waals surface area contributed by atoms with Gasteiger partial charge in [0.05, 0.1) is 11.4 Å². The van der Waals surface area contributed by atoms with E-state index in [0.29, 0.717) is 42.1 Å². The van der Waals surface area contributed by atoms with Crippen LogP contribution in [0, 0.1) is 5.92 Å². The molecular formula is C19H27ClN2O3. The van der Waals surface area contributed by atoms with E-state index in [4.69, 9.17) is 21.1 Å². The first kappa shape index (κ1) is 18.3. The minimum atomic E-state index is 0.0371. The first-order valence-electron chi connectivity index (χ1n) is 9.11. The minimum absolute atomic E-state index is 0.0371. The molecule has 0 aliphatic carbocycles. The average Bonchev–Trinajstić information content (AvgIpc) is 2.56. The molecule has 1 aromatic carbocycles. The van der Waals surface area contributed by atoms with Gasteiger partial charge in [-0.2, -0.15) is 0 Å². The molecule has 5 nitrogen and oxygen atoms in total. The Morgan fingerprint density at radius 2 is 2.00 bits per heavy atom. The molecule has 0 aromatic heterocycles. The van der Waals surface area contributed by atoms with Gasteiger partial charge in [0, 0.05) is 25.7 Å². The minimum Gasteiger partial charge on any atom is -0.486 e. The SMILES string of the molecule is CC(C)CN1CCC(NC(=O)Cc2cc(Cl)c3c(c2)OCCO3)CC1. The highest BCUT2D eigenvalue weighted by atomic mass is 35.5. The highest BCUT2D eigenvalue weighted by Gasteiger charge is 2.22. The fraction of sp³-hybridized carbons (Fsp3) is 0.632. The molecule has 138 valence electrons. The maximum Gasteiger partial charge on any atom is 0.224 e. The lowest BCUT2D eigenvalue weighted by Crippen LogP contribution is -2.45. The largest absolute Gasteiger partial charge is 0.486 e. The number of hydrogen-bond donors (Lipinski definition) is 1. The Kier molecular flexibility index (Phi) is 6.07. The standard InChI is InChI=1S/C19H27ClN2O3/c1-13(2)12-22-5-3-15(4-6-22)21-18(23)11-14-9-16(20)19-17(10-14)24-7-8-25-19/h9-10,13,15H,3-8,11-12H2,1-2H3,(H,21,23). The van der Waals surface area contributed by atoms with Crippen molar-refractivity contribution in [3.8, 4) is 11.5 Å². The second kappa shape index (κ2) is 8.28. The van der Waals surface area contributed by atoms with Crippen LogP contribution < -0.4 is 14.8 Å². The molecule has 0 saturated carbocycles. The number of likely N-dealkylation sites (tertiary alicyclic amines) is 1. The van der Waals surface area contributed by atoms with Gasteiger partial charge in [-0.15, -0.1) is 0 Å². The third-order valence-corrected chi connectivity index (χ3v) is 4.88. The second-order valence-electron chi connectivity index (χ2n) is 7.31. The molecule has 6 heteroatoms. The van der Waals surface area contributed by atoms with Crippen LogP contribution >= 0.6 is 11.6 Å². The number of ether oxygens (including phenoxy) is 2. The molecule has 1 fully saturated rings. The van der Waals surface area contributed by atoms with Gasteiger partial charge in [0.1, 0.15) is 13.2 Å². The van der Waals surface area contributed by atoms with Crippen LogP contribution in [-0.2, 0) is 11.2 Å². The molecule has 0 bridgehead atoms. The maximum absolute atomic E-state index is 12.4. The van der Waals surface area contributed by atoms with Gasteiger partial charge in [-0.3, -0.25) is 4.79 Å². The number of nitrogens with one attached hydrogen (secondary N) is 1. The lowest BCUT2D eigenvalue weighted by molar-refractivity contribution is -0.121. The van der Waals surface area contributed by atoms with E-state index in [-0.39, 0.29) is 11.9 Å². The van der Waals surface area contributed by atoms with Crippen LogP contribution in [0.15, 0.2) is 12.1 Å². The van der Waals surface area contributed by atoms with Gasteiger partial charge in [-0.05, 0) is 36.5 Å². The molecular weight excluding hydrogens is 340 g/mol. The molecule has 2 aliphatic rings. The van der Waals surface area contributed by atoms with Crippen molar-refractivity contribution in [2.45, 2.75) is 39.2 Å². The molecule has 1 amide bonds. The van der Waals surface area contributed by atoms with Crippen LogP contribution in [-0.4, -0.2) is 49.7 Å². The Morgan fingerprint density at radius 3 is 2.72 bits per heavy atom. The summed E-state index contributed by atoms with van der Waals surface area (Å²) < 4.78 is 11.1. The normalized spacial score (nSPS) is 18.4. The van der Waals surface area contributed by atoms with Crippen LogP contribution in [0.1, 0.15) is 32.3 Å². The summed E-state index contributed by atoms with van der Waals surface area (Å²) in [6.45, 7) is 8.74. The molecule has 0 atom stereocenters. The van der Waals surface area contributed by atoms with Crippen molar-refractivity contribution in [2.75, 3.05) is 32.8 Å². The number of amides is 1. The Bertz CT molecular complexity index is 613. The van der Waals surface area contributed by atoms with Crippen LogP contribution in [0.4, 0.5) is 0 Å². The van der Waals surface area contributed by atoms with E-state index in [1.807, 2.05) is 6.07 Å². The summed E-state index contributed by atoms with van der Waals surface area (Å²) in [5.74, 6) is 1.93. The van der Waals surface area contributed by atoms with Crippen molar-refractivity contribution in [1.29, 1.82) is 0 Å². The van der Waals surface area contributed by atoms with E-state index in [9.17, 15) is 4.79 Å². The highest BCUT2D eigenvalue weighted by molar-refractivity contribution is 6.32. The van der Waals surface area contributed by atoms with E-state index in [1.54, 1.807) is 6.07 Å². The van der Waals surface area contributed by atoms with Gasteiger partial charge in [-0.1, -0.05) is 25.4 Å². The summed E-state index contributed by atoms with van der Waals surface area (Å²) in [6.07, 6.45) is 2.34. The monoisotopic (exact) mass is 366 g/mol. The molecule has 1 aromatic rings. The van der Waals surface area contributed by atoms with E-state index >= 15 is 0 Å². The van der Waals surface area contributed by atoms with Crippen molar-refractivity contribution in [2.24, 2.45) is 5.92 Å². The molecule has 25 heavy (non-hydrogen) atoms. The zero-order chi connectivity index (χ0) is 17.8. The van der Waals surface area contributed by atoms with Crippen LogP contribution in [0.3, 0.4) is 0 Å². The van der Waals surface area contributed by atoms with Crippen molar-refractivity contribution in [1.82, 2.24) is 10.2 Å². The molecule has 3 rings (SSSR count). The summed E-state index contributed by atoms with van der Waals surface area (Å²) >= 11 is 6.24. The average molecular weight is 367 g/mol. The number of carbonyl (C=O) groups is 1. The van der Waals surface area contributed by atoms with E-state index in [0.717, 1.165) is 38.0 Å². The summed E-state index contributed by atoms with van der Waals surface area (Å²) in [7, 11) is 0. The summed E-state index contributed by atoms with van der Waals surface area (Å²) in [4.78, 5) is 14.9. The van der Waals surface area contributed by atoms with E-state index < -0.39 is 0 Å². The zero-order valence-corrected chi connectivity index (χ0v) is 15.8. The van der Waals surface area contributed by atoms with Gasteiger partial charge in [0.25, 0.3) is 0 Å². The maximum atomic E-state index is 12.4. The van der Waals surface area contributed by atoms with Crippen LogP contribution in [0.2, 0.25) is 5.02 Å². The second-order valence-corrected chi connectivity index (χ2v) is 7.72. The van der Waals surface area contributed by atoms with E-state index in [2.05, 4.69) is 24.1 Å². The third kappa shape index (κ3) is 5.02. The lowest BCUT2D eigenvalue weighted by Gasteiger charge is -2.33. The van der Waals surface area contributed by atoms with Crippen molar-refractivity contribution in [3.63, 3.8) is 0 Å². The smallest absolute Gasteiger partial charge is 0.224 e. The fourth-order valence-corrected chi connectivity index (χ4v) is 3.79. The zero-order valence-electron chi connectivity index (χ0n) is 15.0. The predicted octanol–water partition coefficient (Wildman–Crippen LogP) is 2.89. The molecule has 0 radical (unpaired) electrons. The van der Waals surface area contributed by atoms with Gasteiger partial charge in [0.2, 0.25) is 5.91 Å². The third-order valence-electron chi connectivity index (χ3n) is 4.60. The number of nitrogens with zero attached hydrogens (tertiary/aromatic N) is 1. The quantitative estimate of drug-likeness (QED) is 0.870. The Hall–Kier alpha value is -1.46. The summed E-state index contributed by atoms with van der Waals surface area (Å²) in [5, 5.41) is 3.66. The number of carbonyl (C=O) groups excluding carboxylic acids is 1. The number of rotatable bonds is 5. The van der Waals surface area contributed by atoms with Gasteiger partial charge in [0.15, 0.2) is 11.5 Å². The molecule has 0 unspecified atom stereocenters. The number of halogens is 1. The number of piperidine rings is 1. The molecule has 1 saturated heterocycles. The molecule has 2 aliphatic heterocycles. The Morgan fingerprint density at radius 1 is 1.28 bits per heavy atom. The van der Waals surface area contributed by atoms with Crippen molar-refractivity contribution >= 4 is 17.5 Å². The first-order chi connectivity index (χ1) is 12.0. The topological polar surface area (TPSA) is 50.8 Å². The fourth-order valence-electron chi connectivity index (χ4n) is 3.51. The summed E-state index contributed by atoms with van der Waals surface area (Å²) in [6, 6.07) is 3.91. The first-order valence-corrected chi connectivity index (χ1v) is 9.49. The van der Waals surface area contributed by atoms with E-state index in [1.165, 1.54) is 0 Å². The van der Waals surface area contributed by atoms with Crippen LogP contribution in [0.25, 0.3) is 0 Å². The summed E-state index contributed by atoms with van der Waals surface area (Å²) in [5.41, 5.74) is 0.851. The number of benzene rings is 1. The van der Waals surface area contributed by atoms with Crippen molar-refractivity contribution in [3.05, 3.63) is 22.7 Å². The van der Waals surface area contributed by atoms with Crippen molar-refractivity contribution < 1.29 is 14.3 Å². The van der Waals surface area contributed by atoms with Gasteiger partial charge >= 0.3 is 0 Å². The molecule has 1 N–H and O–H groups in total. The highest BCUT2D eigenvalue weighted by Crippen LogP contribution is 2.38. The number of hydrogen-bond acceptors (Lipinski definition) is 4. The van der Waals surface area contributed by atoms with Crippen LogP contribution in [0.5, 0.6) is 11.5 Å². The Labute approximate surface area is 154 Å². The predicted molar refractivity (Wildman–Crippen MR) is 98.6 cm³/mol.